The van der Waals surface area contributed by atoms with Gasteiger partial charge in [0.25, 0.3) is 0 Å². The van der Waals surface area contributed by atoms with Crippen LogP contribution in [0.3, 0.4) is 0 Å². The predicted molar refractivity (Wildman–Crippen MR) is 82.8 cm³/mol. The number of phenolic OH excluding ortho intramolecular Hbond substituents is 1. The highest BCUT2D eigenvalue weighted by Gasteiger charge is 2.24. The number of hydrogen-bond donors (Lipinski definition) is 3. The van der Waals surface area contributed by atoms with Gasteiger partial charge >= 0.3 is 0 Å². The molecule has 0 bridgehead atoms. The number of phenols is 1. The van der Waals surface area contributed by atoms with Crippen LogP contribution in [0.4, 0.5) is 0 Å². The minimum absolute atomic E-state index is 0.250. The summed E-state index contributed by atoms with van der Waals surface area (Å²) in [6.07, 6.45) is 2.80. The third kappa shape index (κ3) is 4.78. The van der Waals surface area contributed by atoms with E-state index in [1.807, 2.05) is 13.0 Å². The summed E-state index contributed by atoms with van der Waals surface area (Å²) in [4.78, 5) is 2.48. The molecule has 1 heterocycles. The molecule has 1 aromatic rings. The topological polar surface area (TPSA) is 55.7 Å². The van der Waals surface area contributed by atoms with Crippen LogP contribution in [0.15, 0.2) is 18.2 Å². The number of nitrogens with zero attached hydrogens (tertiary/aromatic N) is 1. The highest BCUT2D eigenvalue weighted by molar-refractivity contribution is 5.36. The molecule has 0 amide bonds. The lowest BCUT2D eigenvalue weighted by molar-refractivity contribution is 0.241. The first-order valence-corrected chi connectivity index (χ1v) is 7.51. The molecule has 1 aliphatic rings. The smallest absolute Gasteiger partial charge is 0.118 e. The number of aryl methyl sites for hydroxylation is 1. The summed E-state index contributed by atoms with van der Waals surface area (Å²) < 4.78 is 0. The molecule has 4 nitrogen and oxygen atoms in total. The fourth-order valence-corrected chi connectivity index (χ4v) is 2.38. The van der Waals surface area contributed by atoms with Gasteiger partial charge in [-0.15, -0.1) is 0 Å². The monoisotopic (exact) mass is 280 g/mol. The van der Waals surface area contributed by atoms with E-state index in [9.17, 15) is 5.11 Å². The summed E-state index contributed by atoms with van der Waals surface area (Å²) >= 11 is 0. The van der Waals surface area contributed by atoms with Crippen molar-refractivity contribution in [1.29, 1.82) is 0 Å². The maximum absolute atomic E-state index is 9.56. The minimum Gasteiger partial charge on any atom is -0.508 e. The Labute approximate surface area is 122 Å². The Hall–Kier alpha value is -1.10. The van der Waals surface area contributed by atoms with Gasteiger partial charge in [-0.3, -0.25) is 10.2 Å². The second-order valence-corrected chi connectivity index (χ2v) is 5.11. The van der Waals surface area contributed by atoms with E-state index in [1.54, 1.807) is 13.0 Å². The van der Waals surface area contributed by atoms with Crippen molar-refractivity contribution in [3.63, 3.8) is 0 Å². The Morgan fingerprint density at radius 1 is 1.35 bits per heavy atom. The standard InChI is InChI=1S/C14H22N2O.C2H6O/c1-3-4-8-16-9-7-15-14(16)12-5-6-13(17)11(2)10-12;1-2-3/h5-6,10,14-15,17H,3-4,7-9H2,1-2H3;3H,2H2,1H3. The normalized spacial score (nSPS) is 18.7. The molecule has 0 saturated carbocycles. The number of hydrogen-bond acceptors (Lipinski definition) is 4. The number of benzene rings is 1. The molecular formula is C16H28N2O2. The number of rotatable bonds is 4. The van der Waals surface area contributed by atoms with Gasteiger partial charge in [0.2, 0.25) is 0 Å². The molecule has 0 spiro atoms. The van der Waals surface area contributed by atoms with Crippen LogP contribution >= 0.6 is 0 Å². The molecule has 3 N–H and O–H groups in total. The summed E-state index contributed by atoms with van der Waals surface area (Å²) in [6.45, 7) is 9.42. The van der Waals surface area contributed by atoms with Gasteiger partial charge in [-0.05, 0) is 50.1 Å². The van der Waals surface area contributed by atoms with E-state index in [1.165, 1.54) is 18.4 Å². The Bertz CT molecular complexity index is 396. The maximum Gasteiger partial charge on any atom is 0.118 e. The second kappa shape index (κ2) is 8.95. The Morgan fingerprint density at radius 2 is 2.05 bits per heavy atom. The first kappa shape index (κ1) is 17.0. The zero-order valence-electron chi connectivity index (χ0n) is 12.9. The zero-order chi connectivity index (χ0) is 15.0. The van der Waals surface area contributed by atoms with Gasteiger partial charge in [0.05, 0.1) is 6.17 Å². The van der Waals surface area contributed by atoms with Crippen LogP contribution in [0.25, 0.3) is 0 Å². The van der Waals surface area contributed by atoms with Crippen molar-refractivity contribution in [3.05, 3.63) is 29.3 Å². The fraction of sp³-hybridized carbons (Fsp3) is 0.625. The zero-order valence-corrected chi connectivity index (χ0v) is 12.9. The summed E-state index contributed by atoms with van der Waals surface area (Å²) in [5, 5.41) is 20.7. The average molecular weight is 280 g/mol. The number of aliphatic hydroxyl groups is 1. The van der Waals surface area contributed by atoms with Crippen LogP contribution < -0.4 is 5.32 Å². The van der Waals surface area contributed by atoms with Gasteiger partial charge in [-0.1, -0.05) is 19.4 Å². The molecule has 2 rings (SSSR count). The van der Waals surface area contributed by atoms with Crippen molar-refractivity contribution in [2.75, 3.05) is 26.2 Å². The number of aromatic hydroxyl groups is 1. The average Bonchev–Trinajstić information content (AvgIpc) is 2.89. The van der Waals surface area contributed by atoms with Gasteiger partial charge < -0.3 is 10.2 Å². The molecule has 1 aliphatic heterocycles. The van der Waals surface area contributed by atoms with Crippen molar-refractivity contribution >= 4 is 0 Å². The van der Waals surface area contributed by atoms with Gasteiger partial charge in [0.15, 0.2) is 0 Å². The van der Waals surface area contributed by atoms with Crippen LogP contribution in [0.1, 0.15) is 44.0 Å². The molecule has 1 aromatic carbocycles. The quantitative estimate of drug-likeness (QED) is 0.793. The molecular weight excluding hydrogens is 252 g/mol. The molecule has 1 unspecified atom stereocenters. The third-order valence-corrected chi connectivity index (χ3v) is 3.44. The van der Waals surface area contributed by atoms with E-state index in [2.05, 4.69) is 23.2 Å². The van der Waals surface area contributed by atoms with Crippen LogP contribution in [-0.2, 0) is 0 Å². The maximum atomic E-state index is 9.56. The van der Waals surface area contributed by atoms with Crippen LogP contribution in [-0.4, -0.2) is 41.4 Å². The molecule has 0 aliphatic carbocycles. The molecule has 4 heteroatoms. The van der Waals surface area contributed by atoms with E-state index < -0.39 is 0 Å². The minimum atomic E-state index is 0.250. The van der Waals surface area contributed by atoms with Gasteiger partial charge in [-0.25, -0.2) is 0 Å². The Kier molecular flexibility index (Phi) is 7.59. The van der Waals surface area contributed by atoms with Crippen molar-refractivity contribution in [2.24, 2.45) is 0 Å². The number of aliphatic hydroxyl groups excluding tert-OH is 1. The van der Waals surface area contributed by atoms with Crippen LogP contribution in [0.5, 0.6) is 5.75 Å². The van der Waals surface area contributed by atoms with E-state index in [4.69, 9.17) is 5.11 Å². The summed E-state index contributed by atoms with van der Waals surface area (Å²) in [7, 11) is 0. The molecule has 20 heavy (non-hydrogen) atoms. The summed E-state index contributed by atoms with van der Waals surface area (Å²) in [5.74, 6) is 0.381. The number of unbranched alkanes of at least 4 members (excludes halogenated alkanes) is 1. The lowest BCUT2D eigenvalue weighted by Crippen LogP contribution is -2.28. The predicted octanol–water partition coefficient (Wildman–Crippen LogP) is 2.40. The van der Waals surface area contributed by atoms with Crippen molar-refractivity contribution in [2.45, 2.75) is 39.8 Å². The molecule has 1 fully saturated rings. The molecule has 1 atom stereocenters. The van der Waals surface area contributed by atoms with Crippen molar-refractivity contribution in [1.82, 2.24) is 10.2 Å². The molecule has 0 radical (unpaired) electrons. The summed E-state index contributed by atoms with van der Waals surface area (Å²) in [6, 6.07) is 5.89. The SMILES string of the molecule is CCCCN1CCNC1c1ccc(O)c(C)c1.CCO. The van der Waals surface area contributed by atoms with E-state index in [-0.39, 0.29) is 6.61 Å². The molecule has 0 aromatic heterocycles. The van der Waals surface area contributed by atoms with Crippen molar-refractivity contribution in [3.8, 4) is 5.75 Å². The van der Waals surface area contributed by atoms with Gasteiger partial charge in [0.1, 0.15) is 5.75 Å². The molecule has 114 valence electrons. The Balaban J connectivity index is 0.000000612. The van der Waals surface area contributed by atoms with Gasteiger partial charge in [0, 0.05) is 19.7 Å². The third-order valence-electron chi connectivity index (χ3n) is 3.44. The largest absolute Gasteiger partial charge is 0.508 e. The van der Waals surface area contributed by atoms with E-state index in [0.29, 0.717) is 11.9 Å². The highest BCUT2D eigenvalue weighted by atomic mass is 16.3. The van der Waals surface area contributed by atoms with E-state index >= 15 is 0 Å². The highest BCUT2D eigenvalue weighted by Crippen LogP contribution is 2.26. The van der Waals surface area contributed by atoms with Gasteiger partial charge in [-0.2, -0.15) is 0 Å². The fourth-order valence-electron chi connectivity index (χ4n) is 2.38. The summed E-state index contributed by atoms with van der Waals surface area (Å²) in [5.41, 5.74) is 2.21. The van der Waals surface area contributed by atoms with Crippen LogP contribution in [0, 0.1) is 6.92 Å². The van der Waals surface area contributed by atoms with Crippen molar-refractivity contribution < 1.29 is 10.2 Å². The molecule has 1 saturated heterocycles. The van der Waals surface area contributed by atoms with Crippen LogP contribution in [0.2, 0.25) is 0 Å². The lowest BCUT2D eigenvalue weighted by Gasteiger charge is -2.24. The first-order valence-electron chi connectivity index (χ1n) is 7.51. The second-order valence-electron chi connectivity index (χ2n) is 5.11. The number of nitrogens with one attached hydrogen (secondary N) is 1. The van der Waals surface area contributed by atoms with E-state index in [0.717, 1.165) is 25.2 Å². The Morgan fingerprint density at radius 3 is 2.65 bits per heavy atom. The lowest BCUT2D eigenvalue weighted by atomic mass is 10.1. The first-order chi connectivity index (χ1) is 9.63.